The lowest BCUT2D eigenvalue weighted by Gasteiger charge is -2.10. The van der Waals surface area contributed by atoms with Gasteiger partial charge in [-0.3, -0.25) is 14.5 Å². The molecule has 0 aliphatic carbocycles. The molecule has 0 saturated heterocycles. The van der Waals surface area contributed by atoms with Crippen molar-refractivity contribution in [1.82, 2.24) is 34.7 Å². The van der Waals surface area contributed by atoms with Gasteiger partial charge < -0.3 is 15.4 Å². The van der Waals surface area contributed by atoms with Crippen molar-refractivity contribution in [2.45, 2.75) is 6.92 Å². The maximum absolute atomic E-state index is 12.8. The van der Waals surface area contributed by atoms with Crippen LogP contribution in [0.3, 0.4) is 0 Å². The van der Waals surface area contributed by atoms with Gasteiger partial charge in [-0.15, -0.1) is 0 Å². The zero-order valence-corrected chi connectivity index (χ0v) is 18.5. The van der Waals surface area contributed by atoms with E-state index in [0.717, 1.165) is 16.6 Å². The van der Waals surface area contributed by atoms with Crippen LogP contribution < -0.4 is 20.9 Å². The van der Waals surface area contributed by atoms with Crippen LogP contribution in [0, 0.1) is 0 Å². The topological polar surface area (TPSA) is 136 Å². The molecular weight excluding hydrogens is 434 g/mol. The second-order valence-corrected chi connectivity index (χ2v) is 7.37. The number of hydrogen-bond acceptors (Lipinski definition) is 9. The third kappa shape index (κ3) is 4.26. The molecule has 0 atom stereocenters. The zero-order chi connectivity index (χ0) is 23.5. The van der Waals surface area contributed by atoms with E-state index in [4.69, 9.17) is 4.74 Å². The fourth-order valence-electron chi connectivity index (χ4n) is 3.39. The lowest BCUT2D eigenvalue weighted by molar-refractivity contribution is 0.463. The van der Waals surface area contributed by atoms with Gasteiger partial charge in [0.25, 0.3) is 5.56 Å². The quantitative estimate of drug-likeness (QED) is 0.337. The Morgan fingerprint density at radius 2 is 2.00 bits per heavy atom. The van der Waals surface area contributed by atoms with Crippen LogP contribution in [-0.2, 0) is 7.05 Å². The fourth-order valence-corrected chi connectivity index (χ4v) is 3.39. The zero-order valence-electron chi connectivity index (χ0n) is 18.5. The van der Waals surface area contributed by atoms with Gasteiger partial charge in [0.15, 0.2) is 0 Å². The number of nitrogens with zero attached hydrogens (tertiary/aromatic N) is 6. The van der Waals surface area contributed by atoms with E-state index in [-0.39, 0.29) is 5.56 Å². The predicted octanol–water partition coefficient (Wildman–Crippen LogP) is 3.48. The maximum atomic E-state index is 12.8. The van der Waals surface area contributed by atoms with Crippen LogP contribution in [0.1, 0.15) is 6.92 Å². The van der Waals surface area contributed by atoms with Crippen molar-refractivity contribution in [2.24, 2.45) is 7.05 Å². The average molecular weight is 455 g/mol. The lowest BCUT2D eigenvalue weighted by atomic mass is 10.1. The van der Waals surface area contributed by atoms with Gasteiger partial charge in [-0.05, 0) is 31.2 Å². The molecule has 0 fully saturated rings. The first-order valence-corrected chi connectivity index (χ1v) is 10.6. The number of pyridine rings is 1. The summed E-state index contributed by atoms with van der Waals surface area (Å²) in [4.78, 5) is 30.3. The molecule has 0 aliphatic heterocycles. The molecule has 0 aliphatic rings. The number of H-pyrrole nitrogens is 1. The number of hydrogen-bond donors (Lipinski definition) is 3. The summed E-state index contributed by atoms with van der Waals surface area (Å²) < 4.78 is 7.40. The fraction of sp³-hybridized carbons (Fsp3) is 0.130. The van der Waals surface area contributed by atoms with Gasteiger partial charge in [0.1, 0.15) is 5.75 Å². The Kier molecular flexibility index (Phi) is 5.56. The summed E-state index contributed by atoms with van der Waals surface area (Å²) in [5, 5.41) is 13.6. The Hall–Kier alpha value is -4.80. The van der Waals surface area contributed by atoms with Gasteiger partial charge in [0.2, 0.25) is 17.8 Å². The highest BCUT2D eigenvalue weighted by molar-refractivity contribution is 5.82. The molecule has 170 valence electrons. The minimum atomic E-state index is -0.165. The monoisotopic (exact) mass is 455 g/mol. The number of fused-ring (bicyclic) bond motifs is 1. The molecule has 11 heteroatoms. The van der Waals surface area contributed by atoms with Crippen LogP contribution in [0.2, 0.25) is 0 Å². The van der Waals surface area contributed by atoms with Gasteiger partial charge in [0, 0.05) is 43.6 Å². The largest absolute Gasteiger partial charge is 0.439 e. The van der Waals surface area contributed by atoms with E-state index in [9.17, 15) is 4.79 Å². The molecule has 4 aromatic heterocycles. The molecule has 5 aromatic rings. The van der Waals surface area contributed by atoms with Crippen LogP contribution in [-0.4, -0.2) is 41.2 Å². The van der Waals surface area contributed by atoms with Crippen LogP contribution in [0.15, 0.2) is 66.0 Å². The number of benzene rings is 1. The van der Waals surface area contributed by atoms with Gasteiger partial charge in [-0.1, -0.05) is 6.07 Å². The number of ether oxygens (including phenoxy) is 1. The number of anilines is 3. The SMILES string of the molecule is CCNc1ncc(-c2ccc3cc(Oc4ccnc(Nc5cn[nH]c5)n4)ccc3n2)c(=O)n1C. The molecule has 0 amide bonds. The van der Waals surface area contributed by atoms with Crippen molar-refractivity contribution in [2.75, 3.05) is 17.2 Å². The molecule has 3 N–H and O–H groups in total. The normalized spacial score (nSPS) is 10.9. The third-order valence-corrected chi connectivity index (χ3v) is 5.05. The van der Waals surface area contributed by atoms with Crippen LogP contribution in [0.25, 0.3) is 22.2 Å². The summed E-state index contributed by atoms with van der Waals surface area (Å²) in [6.45, 7) is 2.63. The Morgan fingerprint density at radius 1 is 1.09 bits per heavy atom. The first-order valence-electron chi connectivity index (χ1n) is 10.6. The van der Waals surface area contributed by atoms with E-state index in [1.165, 1.54) is 4.57 Å². The lowest BCUT2D eigenvalue weighted by Crippen LogP contribution is -2.23. The molecule has 0 unspecified atom stereocenters. The maximum Gasteiger partial charge on any atom is 0.264 e. The Labute approximate surface area is 193 Å². The Morgan fingerprint density at radius 3 is 2.82 bits per heavy atom. The van der Waals surface area contributed by atoms with E-state index in [2.05, 4.69) is 40.8 Å². The summed E-state index contributed by atoms with van der Waals surface area (Å²) in [6.07, 6.45) is 6.49. The van der Waals surface area contributed by atoms with E-state index >= 15 is 0 Å². The van der Waals surface area contributed by atoms with Crippen LogP contribution in [0.4, 0.5) is 17.6 Å². The van der Waals surface area contributed by atoms with Crippen molar-refractivity contribution < 1.29 is 4.74 Å². The standard InChI is InChI=1S/C23H21N9O2/c1-3-24-23-26-13-17(21(33)32(23)2)19-6-4-14-10-16(5-7-18(14)30-19)34-20-8-9-25-22(31-20)29-15-11-27-28-12-15/h4-13H,3H2,1-2H3,(H,24,26)(H,27,28)(H,25,29,31). The second kappa shape index (κ2) is 8.98. The molecule has 0 saturated carbocycles. The first kappa shape index (κ1) is 21.1. The predicted molar refractivity (Wildman–Crippen MR) is 128 cm³/mol. The second-order valence-electron chi connectivity index (χ2n) is 7.37. The van der Waals surface area contributed by atoms with Crippen LogP contribution in [0.5, 0.6) is 11.6 Å². The van der Waals surface area contributed by atoms with Crippen molar-refractivity contribution >= 4 is 28.5 Å². The molecule has 34 heavy (non-hydrogen) atoms. The number of aromatic amines is 1. The molecule has 11 nitrogen and oxygen atoms in total. The summed E-state index contributed by atoms with van der Waals surface area (Å²) >= 11 is 0. The Bertz CT molecular complexity index is 1510. The molecule has 0 radical (unpaired) electrons. The van der Waals surface area contributed by atoms with Crippen molar-refractivity contribution in [3.8, 4) is 22.9 Å². The minimum absolute atomic E-state index is 0.165. The minimum Gasteiger partial charge on any atom is -0.439 e. The van der Waals surface area contributed by atoms with E-state index in [0.29, 0.717) is 41.3 Å². The highest BCUT2D eigenvalue weighted by atomic mass is 16.5. The molecule has 5 rings (SSSR count). The first-order chi connectivity index (χ1) is 16.6. The van der Waals surface area contributed by atoms with Crippen LogP contribution >= 0.6 is 0 Å². The average Bonchev–Trinajstić information content (AvgIpc) is 3.35. The molecule has 1 aromatic carbocycles. The smallest absolute Gasteiger partial charge is 0.264 e. The molecular formula is C23H21N9O2. The van der Waals surface area contributed by atoms with Gasteiger partial charge >= 0.3 is 0 Å². The third-order valence-electron chi connectivity index (χ3n) is 5.05. The number of rotatable bonds is 7. The van der Waals surface area contributed by atoms with Crippen molar-refractivity contribution in [3.05, 3.63) is 71.5 Å². The highest BCUT2D eigenvalue weighted by Crippen LogP contribution is 2.26. The van der Waals surface area contributed by atoms with Gasteiger partial charge in [0.05, 0.1) is 28.7 Å². The molecule has 4 heterocycles. The van der Waals surface area contributed by atoms with E-state index in [1.807, 2.05) is 25.1 Å². The van der Waals surface area contributed by atoms with E-state index < -0.39 is 0 Å². The Balaban J connectivity index is 1.39. The number of nitrogens with one attached hydrogen (secondary N) is 3. The van der Waals surface area contributed by atoms with Gasteiger partial charge in [-0.2, -0.15) is 10.1 Å². The highest BCUT2D eigenvalue weighted by Gasteiger charge is 2.11. The summed E-state index contributed by atoms with van der Waals surface area (Å²) in [5.41, 5.74) is 2.30. The van der Waals surface area contributed by atoms with Crippen molar-refractivity contribution in [3.63, 3.8) is 0 Å². The summed E-state index contributed by atoms with van der Waals surface area (Å²) in [5.74, 6) is 1.90. The molecule has 0 spiro atoms. The summed E-state index contributed by atoms with van der Waals surface area (Å²) in [7, 11) is 1.69. The van der Waals surface area contributed by atoms with Crippen molar-refractivity contribution in [1.29, 1.82) is 0 Å². The summed E-state index contributed by atoms with van der Waals surface area (Å²) in [6, 6.07) is 10.9. The molecule has 0 bridgehead atoms. The van der Waals surface area contributed by atoms with E-state index in [1.54, 1.807) is 50.0 Å². The van der Waals surface area contributed by atoms with Gasteiger partial charge in [-0.25, -0.2) is 15.0 Å². The number of aromatic nitrogens is 7.